The summed E-state index contributed by atoms with van der Waals surface area (Å²) in [5.74, 6) is 0. The average Bonchev–Trinajstić information content (AvgIpc) is 2.66. The number of rotatable bonds is 1. The van der Waals surface area contributed by atoms with Crippen molar-refractivity contribution in [3.8, 4) is 0 Å². The van der Waals surface area contributed by atoms with Gasteiger partial charge in [0.25, 0.3) is 0 Å². The normalized spacial score (nSPS) is 18.3. The van der Waals surface area contributed by atoms with Crippen molar-refractivity contribution in [2.75, 3.05) is 0 Å². The molecule has 0 saturated heterocycles. The maximum absolute atomic E-state index is 6.12. The van der Waals surface area contributed by atoms with Crippen LogP contribution in [-0.2, 0) is 0 Å². The molecule has 0 fully saturated rings. The molecule has 1 unspecified atom stereocenters. The van der Waals surface area contributed by atoms with E-state index in [1.165, 1.54) is 10.4 Å². The van der Waals surface area contributed by atoms with E-state index in [1.807, 2.05) is 24.4 Å². The molecule has 2 aromatic rings. The fraction of sp³-hybridized carbons (Fsp3) is 0.154. The molecule has 1 aliphatic rings. The third-order valence-corrected chi connectivity index (χ3v) is 4.77. The molecule has 0 bridgehead atoms. The number of halogens is 2. The predicted molar refractivity (Wildman–Crippen MR) is 80.1 cm³/mol. The van der Waals surface area contributed by atoms with Gasteiger partial charge < -0.3 is 5.32 Å². The summed E-state index contributed by atoms with van der Waals surface area (Å²) in [6.07, 6.45) is 5.56. The molecular weight excluding hydrogens is 287 g/mol. The van der Waals surface area contributed by atoms with E-state index < -0.39 is 0 Å². The molecule has 5 heteroatoms. The monoisotopic (exact) mass is 296 g/mol. The van der Waals surface area contributed by atoms with Crippen LogP contribution in [0.15, 0.2) is 29.4 Å². The van der Waals surface area contributed by atoms with E-state index >= 15 is 0 Å². The van der Waals surface area contributed by atoms with Crippen LogP contribution in [0.4, 0.5) is 0 Å². The van der Waals surface area contributed by atoms with Crippen LogP contribution in [0.25, 0.3) is 10.1 Å². The molecule has 0 spiro atoms. The number of hydrogen-bond donors (Lipinski definition) is 1. The van der Waals surface area contributed by atoms with E-state index in [9.17, 15) is 0 Å². The molecule has 18 heavy (non-hydrogen) atoms. The number of benzene rings is 1. The Hall–Kier alpha value is -1.03. The molecule has 0 radical (unpaired) electrons. The lowest BCUT2D eigenvalue weighted by Crippen LogP contribution is -2.19. The van der Waals surface area contributed by atoms with E-state index in [-0.39, 0.29) is 6.04 Å². The Balaban J connectivity index is 2.22. The lowest BCUT2D eigenvalue weighted by Gasteiger charge is -2.16. The van der Waals surface area contributed by atoms with Crippen molar-refractivity contribution >= 4 is 51.0 Å². The molecule has 1 aromatic carbocycles. The van der Waals surface area contributed by atoms with Crippen LogP contribution in [0, 0.1) is 6.92 Å². The van der Waals surface area contributed by atoms with Crippen LogP contribution < -0.4 is 5.32 Å². The van der Waals surface area contributed by atoms with Crippen LogP contribution in [0.5, 0.6) is 0 Å². The maximum Gasteiger partial charge on any atom is 0.0886 e. The second-order valence-corrected chi connectivity index (χ2v) is 6.17. The smallest absolute Gasteiger partial charge is 0.0886 e. The van der Waals surface area contributed by atoms with Crippen molar-refractivity contribution < 1.29 is 0 Å². The lowest BCUT2D eigenvalue weighted by molar-refractivity contribution is 0.795. The maximum atomic E-state index is 6.12. The summed E-state index contributed by atoms with van der Waals surface area (Å²) in [6.45, 7) is 2.11. The van der Waals surface area contributed by atoms with Gasteiger partial charge in [-0.2, -0.15) is 0 Å². The summed E-state index contributed by atoms with van der Waals surface area (Å²) in [5, 5.41) is 5.59. The number of hydrogen-bond acceptors (Lipinski definition) is 3. The van der Waals surface area contributed by atoms with Gasteiger partial charge in [-0.3, -0.25) is 0 Å². The Morgan fingerprint density at radius 1 is 1.28 bits per heavy atom. The van der Waals surface area contributed by atoms with Crippen LogP contribution >= 0.6 is 34.5 Å². The number of nitrogens with zero attached hydrogens (tertiary/aromatic N) is 1. The van der Waals surface area contributed by atoms with Crippen LogP contribution in [0.3, 0.4) is 0 Å². The highest BCUT2D eigenvalue weighted by Gasteiger charge is 2.18. The molecular formula is C13H10Cl2N2S. The molecule has 1 aromatic heterocycles. The van der Waals surface area contributed by atoms with E-state index in [1.54, 1.807) is 17.7 Å². The van der Waals surface area contributed by atoms with Crippen molar-refractivity contribution in [2.45, 2.75) is 13.0 Å². The van der Waals surface area contributed by atoms with Gasteiger partial charge in [0.2, 0.25) is 0 Å². The summed E-state index contributed by atoms with van der Waals surface area (Å²) in [5.41, 5.74) is 1.25. The molecule has 0 saturated carbocycles. The topological polar surface area (TPSA) is 24.4 Å². The highest BCUT2D eigenvalue weighted by Crippen LogP contribution is 2.39. The van der Waals surface area contributed by atoms with Gasteiger partial charge in [0.1, 0.15) is 0 Å². The molecule has 1 atom stereocenters. The Morgan fingerprint density at radius 2 is 2.06 bits per heavy atom. The van der Waals surface area contributed by atoms with Gasteiger partial charge in [0.15, 0.2) is 0 Å². The average molecular weight is 297 g/mol. The summed E-state index contributed by atoms with van der Waals surface area (Å²) in [7, 11) is 0. The second-order valence-electron chi connectivity index (χ2n) is 4.10. The van der Waals surface area contributed by atoms with Gasteiger partial charge in [0, 0.05) is 15.8 Å². The highest BCUT2D eigenvalue weighted by atomic mass is 35.5. The summed E-state index contributed by atoms with van der Waals surface area (Å²) >= 11 is 13.9. The molecule has 3 rings (SSSR count). The van der Waals surface area contributed by atoms with E-state index in [4.69, 9.17) is 23.2 Å². The number of aryl methyl sites for hydroxylation is 1. The van der Waals surface area contributed by atoms with Gasteiger partial charge in [-0.1, -0.05) is 23.2 Å². The third-order valence-electron chi connectivity index (χ3n) is 2.96. The minimum atomic E-state index is 0.147. The minimum Gasteiger partial charge on any atom is -0.366 e. The zero-order valence-electron chi connectivity index (χ0n) is 9.58. The fourth-order valence-electron chi connectivity index (χ4n) is 2.16. The Labute approximate surface area is 119 Å². The standard InChI is InChI=1S/C13H10Cl2N2S/c1-7-13(11-2-3-16-6-17-11)8-4-9(14)10(15)5-12(8)18-7/h2-6,11H,1H3,(H,16,17). The van der Waals surface area contributed by atoms with Crippen molar-refractivity contribution in [3.63, 3.8) is 0 Å². The van der Waals surface area contributed by atoms with Crippen molar-refractivity contribution in [2.24, 2.45) is 4.99 Å². The molecule has 1 aliphatic heterocycles. The highest BCUT2D eigenvalue weighted by molar-refractivity contribution is 7.19. The zero-order valence-corrected chi connectivity index (χ0v) is 11.9. The quantitative estimate of drug-likeness (QED) is 0.810. The first-order valence-electron chi connectivity index (χ1n) is 5.49. The number of thiophene rings is 1. The zero-order chi connectivity index (χ0) is 12.7. The summed E-state index contributed by atoms with van der Waals surface area (Å²) in [6, 6.07) is 4.02. The van der Waals surface area contributed by atoms with E-state index in [0.717, 1.165) is 10.1 Å². The van der Waals surface area contributed by atoms with Crippen molar-refractivity contribution in [3.05, 3.63) is 44.9 Å². The molecule has 92 valence electrons. The van der Waals surface area contributed by atoms with Gasteiger partial charge in [-0.15, -0.1) is 11.3 Å². The predicted octanol–water partition coefficient (Wildman–Crippen LogP) is 4.70. The lowest BCUT2D eigenvalue weighted by atomic mass is 10.0. The molecule has 0 aliphatic carbocycles. The fourth-order valence-corrected chi connectivity index (χ4v) is 3.68. The molecule has 0 amide bonds. The second kappa shape index (κ2) is 4.57. The van der Waals surface area contributed by atoms with Gasteiger partial charge >= 0.3 is 0 Å². The van der Waals surface area contributed by atoms with Crippen molar-refractivity contribution in [1.29, 1.82) is 0 Å². The molecule has 2 heterocycles. The first kappa shape index (κ1) is 12.0. The number of nitrogens with one attached hydrogen (secondary N) is 1. The minimum absolute atomic E-state index is 0.147. The Bertz CT molecular complexity index is 673. The van der Waals surface area contributed by atoms with E-state index in [0.29, 0.717) is 10.0 Å². The summed E-state index contributed by atoms with van der Waals surface area (Å²) < 4.78 is 1.16. The largest absolute Gasteiger partial charge is 0.366 e. The molecule has 2 nitrogen and oxygen atoms in total. The molecule has 1 N–H and O–H groups in total. The van der Waals surface area contributed by atoms with Crippen molar-refractivity contribution in [1.82, 2.24) is 5.32 Å². The van der Waals surface area contributed by atoms with Gasteiger partial charge in [0.05, 0.1) is 22.4 Å². The van der Waals surface area contributed by atoms with Crippen LogP contribution in [-0.4, -0.2) is 6.34 Å². The Morgan fingerprint density at radius 3 is 2.78 bits per heavy atom. The number of fused-ring (bicyclic) bond motifs is 1. The summed E-state index contributed by atoms with van der Waals surface area (Å²) in [4.78, 5) is 5.28. The SMILES string of the molecule is Cc1sc2cc(Cl)c(Cl)cc2c1C1C=CN=CN1. The van der Waals surface area contributed by atoms with Gasteiger partial charge in [-0.25, -0.2) is 4.99 Å². The van der Waals surface area contributed by atoms with Gasteiger partial charge in [-0.05, 0) is 36.1 Å². The first-order valence-corrected chi connectivity index (χ1v) is 7.06. The van der Waals surface area contributed by atoms with E-state index in [2.05, 4.69) is 17.2 Å². The first-order chi connectivity index (χ1) is 8.66. The third kappa shape index (κ3) is 1.92. The van der Waals surface area contributed by atoms with Crippen LogP contribution in [0.1, 0.15) is 16.5 Å². The van der Waals surface area contributed by atoms with Crippen LogP contribution in [0.2, 0.25) is 10.0 Å². The number of aliphatic imine (C=N–C) groups is 1. The Kier molecular flexibility index (Phi) is 3.06.